The second kappa shape index (κ2) is 6.62. The standard InChI is InChI=1S/C12H13FO4/c1-2-16-11(14)12(15)17-8-7-9-3-5-10(13)6-4-9/h3-6H,2,7-8H2,1H3. The predicted octanol–water partition coefficient (Wildman–Crippen LogP) is 1.47. The fourth-order valence-electron chi connectivity index (χ4n) is 1.16. The lowest BCUT2D eigenvalue weighted by Crippen LogP contribution is -2.21. The van der Waals surface area contributed by atoms with Crippen LogP contribution in [0.4, 0.5) is 4.39 Å². The van der Waals surface area contributed by atoms with Crippen LogP contribution in [0.3, 0.4) is 0 Å². The number of ether oxygens (including phenoxy) is 2. The van der Waals surface area contributed by atoms with Crippen LogP contribution in [-0.2, 0) is 25.5 Å². The summed E-state index contributed by atoms with van der Waals surface area (Å²) in [5, 5.41) is 0. The van der Waals surface area contributed by atoms with Crippen molar-refractivity contribution in [1.29, 1.82) is 0 Å². The number of carbonyl (C=O) groups is 2. The Hall–Kier alpha value is -1.91. The summed E-state index contributed by atoms with van der Waals surface area (Å²) in [6.45, 7) is 1.79. The minimum atomic E-state index is -1.01. The van der Waals surface area contributed by atoms with Crippen molar-refractivity contribution in [2.45, 2.75) is 13.3 Å². The topological polar surface area (TPSA) is 52.6 Å². The Bertz CT molecular complexity index is 386. The monoisotopic (exact) mass is 240 g/mol. The molecule has 0 saturated heterocycles. The molecule has 0 heterocycles. The van der Waals surface area contributed by atoms with E-state index in [0.29, 0.717) is 6.42 Å². The fourth-order valence-corrected chi connectivity index (χ4v) is 1.16. The van der Waals surface area contributed by atoms with Gasteiger partial charge in [0.25, 0.3) is 0 Å². The molecule has 0 spiro atoms. The first kappa shape index (κ1) is 13.2. The van der Waals surface area contributed by atoms with Gasteiger partial charge in [0.2, 0.25) is 0 Å². The Morgan fingerprint density at radius 3 is 2.29 bits per heavy atom. The average Bonchev–Trinajstić information content (AvgIpc) is 2.32. The third-order valence-electron chi connectivity index (χ3n) is 1.98. The van der Waals surface area contributed by atoms with Gasteiger partial charge in [-0.25, -0.2) is 14.0 Å². The molecule has 5 heteroatoms. The Balaban J connectivity index is 2.30. The van der Waals surface area contributed by atoms with E-state index in [2.05, 4.69) is 9.47 Å². The first-order chi connectivity index (χ1) is 8.13. The highest BCUT2D eigenvalue weighted by Crippen LogP contribution is 2.03. The molecule has 1 rings (SSSR count). The van der Waals surface area contributed by atoms with Crippen molar-refractivity contribution in [2.75, 3.05) is 13.2 Å². The number of halogens is 1. The van der Waals surface area contributed by atoms with Crippen LogP contribution >= 0.6 is 0 Å². The van der Waals surface area contributed by atoms with E-state index in [-0.39, 0.29) is 19.0 Å². The molecule has 0 aromatic heterocycles. The van der Waals surface area contributed by atoms with Crippen LogP contribution in [0.15, 0.2) is 24.3 Å². The molecule has 0 amide bonds. The van der Waals surface area contributed by atoms with E-state index in [1.54, 1.807) is 19.1 Å². The second-order valence-electron chi connectivity index (χ2n) is 3.23. The molecule has 4 nitrogen and oxygen atoms in total. The number of hydrogen-bond acceptors (Lipinski definition) is 4. The molecular formula is C12H13FO4. The second-order valence-corrected chi connectivity index (χ2v) is 3.23. The zero-order valence-electron chi connectivity index (χ0n) is 9.44. The van der Waals surface area contributed by atoms with E-state index < -0.39 is 11.9 Å². The fraction of sp³-hybridized carbons (Fsp3) is 0.333. The number of rotatable bonds is 4. The van der Waals surface area contributed by atoms with Crippen LogP contribution in [0.5, 0.6) is 0 Å². The first-order valence-corrected chi connectivity index (χ1v) is 5.21. The van der Waals surface area contributed by atoms with Crippen molar-refractivity contribution in [3.05, 3.63) is 35.6 Å². The highest BCUT2D eigenvalue weighted by Gasteiger charge is 2.15. The van der Waals surface area contributed by atoms with Crippen LogP contribution in [0.2, 0.25) is 0 Å². The Kier molecular flexibility index (Phi) is 5.13. The van der Waals surface area contributed by atoms with Gasteiger partial charge < -0.3 is 9.47 Å². The summed E-state index contributed by atoms with van der Waals surface area (Å²) in [4.78, 5) is 21.9. The molecule has 0 saturated carbocycles. The van der Waals surface area contributed by atoms with Crippen LogP contribution in [0, 0.1) is 5.82 Å². The molecule has 0 bridgehead atoms. The third-order valence-corrected chi connectivity index (χ3v) is 1.98. The Morgan fingerprint density at radius 2 is 1.71 bits per heavy atom. The molecular weight excluding hydrogens is 227 g/mol. The molecule has 0 N–H and O–H groups in total. The minimum Gasteiger partial charge on any atom is -0.458 e. The van der Waals surface area contributed by atoms with Gasteiger partial charge in [-0.1, -0.05) is 12.1 Å². The van der Waals surface area contributed by atoms with Crippen LogP contribution in [-0.4, -0.2) is 25.2 Å². The zero-order chi connectivity index (χ0) is 12.7. The van der Waals surface area contributed by atoms with Crippen molar-refractivity contribution < 1.29 is 23.5 Å². The number of hydrogen-bond donors (Lipinski definition) is 0. The molecule has 0 aliphatic rings. The third kappa shape index (κ3) is 4.63. The Labute approximate surface area is 98.3 Å². The van der Waals surface area contributed by atoms with Gasteiger partial charge in [0, 0.05) is 6.42 Å². The van der Waals surface area contributed by atoms with E-state index in [1.807, 2.05) is 0 Å². The van der Waals surface area contributed by atoms with E-state index in [9.17, 15) is 14.0 Å². The van der Waals surface area contributed by atoms with Crippen LogP contribution < -0.4 is 0 Å². The number of benzene rings is 1. The minimum absolute atomic E-state index is 0.0588. The number of esters is 2. The average molecular weight is 240 g/mol. The molecule has 1 aromatic rings. The smallest absolute Gasteiger partial charge is 0.417 e. The summed E-state index contributed by atoms with van der Waals surface area (Å²) >= 11 is 0. The molecule has 0 fully saturated rings. The molecule has 0 aliphatic carbocycles. The number of carbonyl (C=O) groups excluding carboxylic acids is 2. The van der Waals surface area contributed by atoms with E-state index >= 15 is 0 Å². The SMILES string of the molecule is CCOC(=O)C(=O)OCCc1ccc(F)cc1. The van der Waals surface area contributed by atoms with Crippen molar-refractivity contribution >= 4 is 11.9 Å². The van der Waals surface area contributed by atoms with Crippen molar-refractivity contribution in [3.63, 3.8) is 0 Å². The largest absolute Gasteiger partial charge is 0.458 e. The molecule has 0 aliphatic heterocycles. The maximum atomic E-state index is 12.6. The van der Waals surface area contributed by atoms with Crippen molar-refractivity contribution in [2.24, 2.45) is 0 Å². The van der Waals surface area contributed by atoms with Crippen molar-refractivity contribution in [1.82, 2.24) is 0 Å². The van der Waals surface area contributed by atoms with E-state index in [0.717, 1.165) is 5.56 Å². The quantitative estimate of drug-likeness (QED) is 0.590. The van der Waals surface area contributed by atoms with Gasteiger partial charge in [-0.15, -0.1) is 0 Å². The van der Waals surface area contributed by atoms with Gasteiger partial charge >= 0.3 is 11.9 Å². The lowest BCUT2D eigenvalue weighted by molar-refractivity contribution is -0.167. The van der Waals surface area contributed by atoms with E-state index in [4.69, 9.17) is 0 Å². The van der Waals surface area contributed by atoms with Gasteiger partial charge in [-0.3, -0.25) is 0 Å². The summed E-state index contributed by atoms with van der Waals surface area (Å²) in [5.74, 6) is -2.32. The summed E-state index contributed by atoms with van der Waals surface area (Å²) < 4.78 is 21.7. The van der Waals surface area contributed by atoms with Gasteiger partial charge in [-0.05, 0) is 24.6 Å². The molecule has 1 aromatic carbocycles. The lowest BCUT2D eigenvalue weighted by Gasteiger charge is -2.04. The molecule has 92 valence electrons. The van der Waals surface area contributed by atoms with Gasteiger partial charge in [-0.2, -0.15) is 0 Å². The Morgan fingerprint density at radius 1 is 1.12 bits per heavy atom. The highest BCUT2D eigenvalue weighted by atomic mass is 19.1. The molecule has 0 radical (unpaired) electrons. The zero-order valence-corrected chi connectivity index (χ0v) is 9.44. The molecule has 0 atom stereocenters. The summed E-state index contributed by atoms with van der Waals surface area (Å²) in [7, 11) is 0. The van der Waals surface area contributed by atoms with Crippen LogP contribution in [0.25, 0.3) is 0 Å². The first-order valence-electron chi connectivity index (χ1n) is 5.21. The van der Waals surface area contributed by atoms with Gasteiger partial charge in [0.05, 0.1) is 13.2 Å². The predicted molar refractivity (Wildman–Crippen MR) is 57.7 cm³/mol. The maximum absolute atomic E-state index is 12.6. The normalized spacial score (nSPS) is 9.76. The maximum Gasteiger partial charge on any atom is 0.417 e. The summed E-state index contributed by atoms with van der Waals surface area (Å²) in [6, 6.07) is 5.83. The van der Waals surface area contributed by atoms with Gasteiger partial charge in [0.1, 0.15) is 5.82 Å². The summed E-state index contributed by atoms with van der Waals surface area (Å²) in [5.41, 5.74) is 0.822. The highest BCUT2D eigenvalue weighted by molar-refractivity contribution is 6.29. The van der Waals surface area contributed by atoms with Gasteiger partial charge in [0.15, 0.2) is 0 Å². The van der Waals surface area contributed by atoms with E-state index in [1.165, 1.54) is 12.1 Å². The van der Waals surface area contributed by atoms with Crippen molar-refractivity contribution in [3.8, 4) is 0 Å². The van der Waals surface area contributed by atoms with Crippen LogP contribution in [0.1, 0.15) is 12.5 Å². The molecule has 0 unspecified atom stereocenters. The summed E-state index contributed by atoms with van der Waals surface area (Å²) in [6.07, 6.45) is 0.422. The lowest BCUT2D eigenvalue weighted by atomic mass is 10.2. The molecule has 17 heavy (non-hydrogen) atoms.